The maximum atomic E-state index is 14.5. The van der Waals surface area contributed by atoms with E-state index in [2.05, 4.69) is 35.7 Å². The third kappa shape index (κ3) is 5.61. The number of pyridine rings is 1. The zero-order chi connectivity index (χ0) is 27.0. The van der Waals surface area contributed by atoms with Gasteiger partial charge in [0.25, 0.3) is 15.9 Å². The highest BCUT2D eigenvalue weighted by molar-refractivity contribution is 7.90. The first kappa shape index (κ1) is 26.6. The van der Waals surface area contributed by atoms with Gasteiger partial charge in [-0.25, -0.2) is 14.1 Å². The fraction of sp³-hybridized carbons (Fsp3) is 0.423. The van der Waals surface area contributed by atoms with Crippen LogP contribution in [-0.2, 0) is 10.0 Å². The van der Waals surface area contributed by atoms with Gasteiger partial charge in [0.05, 0.1) is 24.1 Å². The van der Waals surface area contributed by atoms with Gasteiger partial charge in [-0.3, -0.25) is 9.89 Å². The standard InChI is InChI=1S/C26H32FN5O4S/c1-16(2)15-36-20-13-18(12-19(27)14-20)22-7-6-21(24(29-22)32-11-9-17(3)26(32,4)5)25(33)31-37(34,35)23-8-10-28-30-23/h6-8,10,12-14,16-17H,9,11,15H2,1-5H3,(H,28,30)(H,31,33). The van der Waals surface area contributed by atoms with Crippen LogP contribution in [0, 0.1) is 17.7 Å². The monoisotopic (exact) mass is 529 g/mol. The van der Waals surface area contributed by atoms with Gasteiger partial charge in [-0.05, 0) is 62.4 Å². The number of sulfonamides is 1. The number of carbonyl (C=O) groups is 1. The number of carbonyl (C=O) groups excluding carboxylic acids is 1. The van der Waals surface area contributed by atoms with Gasteiger partial charge in [-0.2, -0.15) is 13.5 Å². The Morgan fingerprint density at radius 3 is 2.65 bits per heavy atom. The highest BCUT2D eigenvalue weighted by Gasteiger charge is 2.41. The molecule has 1 amide bonds. The fourth-order valence-corrected chi connectivity index (χ4v) is 5.16. The first-order valence-corrected chi connectivity index (χ1v) is 13.7. The van der Waals surface area contributed by atoms with Crippen LogP contribution in [0.2, 0.25) is 0 Å². The number of hydrogen-bond acceptors (Lipinski definition) is 7. The van der Waals surface area contributed by atoms with Crippen LogP contribution in [0.5, 0.6) is 5.75 Å². The van der Waals surface area contributed by atoms with E-state index in [1.165, 1.54) is 30.5 Å². The summed E-state index contributed by atoms with van der Waals surface area (Å²) in [6.45, 7) is 11.3. The van der Waals surface area contributed by atoms with E-state index in [1.54, 1.807) is 12.1 Å². The van der Waals surface area contributed by atoms with Crippen LogP contribution in [0.1, 0.15) is 51.4 Å². The summed E-state index contributed by atoms with van der Waals surface area (Å²) < 4.78 is 47.6. The third-order valence-corrected chi connectivity index (χ3v) is 8.07. The molecule has 1 atom stereocenters. The molecule has 0 saturated carbocycles. The Morgan fingerprint density at radius 2 is 2.03 bits per heavy atom. The summed E-state index contributed by atoms with van der Waals surface area (Å²) >= 11 is 0. The van der Waals surface area contributed by atoms with E-state index in [1.807, 2.05) is 18.7 Å². The first-order chi connectivity index (χ1) is 17.4. The molecule has 1 aromatic carbocycles. The van der Waals surface area contributed by atoms with Crippen LogP contribution < -0.4 is 14.4 Å². The number of hydrogen-bond donors (Lipinski definition) is 2. The van der Waals surface area contributed by atoms with Crippen molar-refractivity contribution in [2.75, 3.05) is 18.1 Å². The number of ether oxygens (including phenoxy) is 1. The molecule has 0 bridgehead atoms. The molecule has 11 heteroatoms. The minimum Gasteiger partial charge on any atom is -0.493 e. The number of rotatable bonds is 8. The van der Waals surface area contributed by atoms with Crippen molar-refractivity contribution in [2.45, 2.75) is 51.6 Å². The Kier molecular flexibility index (Phi) is 7.27. The van der Waals surface area contributed by atoms with Crippen molar-refractivity contribution in [3.05, 3.63) is 54.0 Å². The number of H-pyrrole nitrogens is 1. The zero-order valence-corrected chi connectivity index (χ0v) is 22.4. The molecular weight excluding hydrogens is 497 g/mol. The van der Waals surface area contributed by atoms with Crippen LogP contribution in [-0.4, -0.2) is 48.2 Å². The molecule has 4 rings (SSSR count). The SMILES string of the molecule is CC(C)COc1cc(F)cc(-c2ccc(C(=O)NS(=O)(=O)c3ccn[nH]3)c(N3CCC(C)C3(C)C)n2)c1. The van der Waals surface area contributed by atoms with Crippen LogP contribution in [0.25, 0.3) is 11.3 Å². The number of nitrogens with zero attached hydrogens (tertiary/aromatic N) is 3. The molecule has 198 valence electrons. The van der Waals surface area contributed by atoms with Gasteiger partial charge < -0.3 is 9.64 Å². The number of nitrogens with one attached hydrogen (secondary N) is 2. The Balaban J connectivity index is 1.77. The Labute approximate surface area is 216 Å². The second-order valence-corrected chi connectivity index (χ2v) is 11.9. The zero-order valence-electron chi connectivity index (χ0n) is 21.6. The highest BCUT2D eigenvalue weighted by atomic mass is 32.2. The van der Waals surface area contributed by atoms with Gasteiger partial charge in [-0.15, -0.1) is 0 Å². The normalized spacial score (nSPS) is 17.3. The van der Waals surface area contributed by atoms with Crippen molar-refractivity contribution < 1.29 is 22.3 Å². The maximum absolute atomic E-state index is 14.5. The molecule has 2 N–H and O–H groups in total. The maximum Gasteiger partial charge on any atom is 0.281 e. The van der Waals surface area contributed by atoms with Crippen molar-refractivity contribution in [1.82, 2.24) is 19.9 Å². The topological polar surface area (TPSA) is 117 Å². The van der Waals surface area contributed by atoms with Crippen molar-refractivity contribution in [2.24, 2.45) is 11.8 Å². The van der Waals surface area contributed by atoms with E-state index in [0.29, 0.717) is 41.9 Å². The van der Waals surface area contributed by atoms with Gasteiger partial charge in [0, 0.05) is 23.7 Å². The van der Waals surface area contributed by atoms with Gasteiger partial charge >= 0.3 is 0 Å². The Hall–Kier alpha value is -3.47. The highest BCUT2D eigenvalue weighted by Crippen LogP contribution is 2.39. The molecule has 1 saturated heterocycles. The van der Waals surface area contributed by atoms with E-state index in [-0.39, 0.29) is 22.0 Å². The summed E-state index contributed by atoms with van der Waals surface area (Å²) in [4.78, 5) is 20.0. The lowest BCUT2D eigenvalue weighted by molar-refractivity contribution is 0.0981. The van der Waals surface area contributed by atoms with Gasteiger partial charge in [0.15, 0.2) is 5.03 Å². The summed E-state index contributed by atoms with van der Waals surface area (Å²) in [6, 6.07) is 8.74. The molecule has 0 aliphatic carbocycles. The smallest absolute Gasteiger partial charge is 0.281 e. The van der Waals surface area contributed by atoms with E-state index >= 15 is 0 Å². The average molecular weight is 530 g/mol. The van der Waals surface area contributed by atoms with E-state index in [4.69, 9.17) is 9.72 Å². The minimum absolute atomic E-state index is 0.0988. The molecule has 9 nitrogen and oxygen atoms in total. The molecule has 3 heterocycles. The van der Waals surface area contributed by atoms with Crippen LogP contribution in [0.3, 0.4) is 0 Å². The van der Waals surface area contributed by atoms with Crippen molar-refractivity contribution in [1.29, 1.82) is 0 Å². The minimum atomic E-state index is -4.16. The van der Waals surface area contributed by atoms with Gasteiger partial charge in [-0.1, -0.05) is 20.8 Å². The lowest BCUT2D eigenvalue weighted by atomic mass is 9.90. The predicted molar refractivity (Wildman–Crippen MR) is 138 cm³/mol. The number of amides is 1. The summed E-state index contributed by atoms with van der Waals surface area (Å²) in [5, 5.41) is 5.77. The van der Waals surface area contributed by atoms with Gasteiger partial charge in [0.1, 0.15) is 17.4 Å². The number of aromatic nitrogens is 3. The van der Waals surface area contributed by atoms with Crippen molar-refractivity contribution >= 4 is 21.7 Å². The second kappa shape index (κ2) is 10.1. The molecule has 1 fully saturated rings. The van der Waals surface area contributed by atoms with Crippen molar-refractivity contribution in [3.63, 3.8) is 0 Å². The number of aromatic amines is 1. The van der Waals surface area contributed by atoms with Gasteiger partial charge in [0.2, 0.25) is 0 Å². The Morgan fingerprint density at radius 1 is 1.27 bits per heavy atom. The number of benzene rings is 1. The molecule has 1 unspecified atom stereocenters. The summed E-state index contributed by atoms with van der Waals surface area (Å²) in [6.07, 6.45) is 2.16. The molecule has 0 spiro atoms. The molecule has 2 aromatic heterocycles. The first-order valence-electron chi connectivity index (χ1n) is 12.2. The lowest BCUT2D eigenvalue weighted by Gasteiger charge is -2.36. The van der Waals surface area contributed by atoms with Crippen LogP contribution in [0.15, 0.2) is 47.6 Å². The summed E-state index contributed by atoms with van der Waals surface area (Å²) in [5.41, 5.74) is 0.673. The molecule has 37 heavy (non-hydrogen) atoms. The average Bonchev–Trinajstić information content (AvgIpc) is 3.46. The summed E-state index contributed by atoms with van der Waals surface area (Å²) in [7, 11) is -4.16. The predicted octanol–water partition coefficient (Wildman–Crippen LogP) is 4.39. The number of halogens is 1. The third-order valence-electron chi connectivity index (χ3n) is 6.80. The fourth-order valence-electron chi connectivity index (χ4n) is 4.28. The largest absolute Gasteiger partial charge is 0.493 e. The molecular formula is C26H32FN5O4S. The van der Waals surface area contributed by atoms with Crippen LogP contribution >= 0.6 is 0 Å². The van der Waals surface area contributed by atoms with Crippen molar-refractivity contribution in [3.8, 4) is 17.0 Å². The van der Waals surface area contributed by atoms with Crippen LogP contribution in [0.4, 0.5) is 10.2 Å². The molecule has 3 aromatic rings. The quantitative estimate of drug-likeness (QED) is 0.444. The molecule has 1 aliphatic rings. The molecule has 1 aliphatic heterocycles. The summed E-state index contributed by atoms with van der Waals surface area (Å²) in [5.74, 6) is -0.00594. The lowest BCUT2D eigenvalue weighted by Crippen LogP contribution is -2.43. The number of anilines is 1. The second-order valence-electron chi connectivity index (χ2n) is 10.3. The van der Waals surface area contributed by atoms with E-state index < -0.39 is 21.7 Å². The van der Waals surface area contributed by atoms with E-state index in [0.717, 1.165) is 6.42 Å². The van der Waals surface area contributed by atoms with E-state index in [9.17, 15) is 17.6 Å². The Bertz CT molecular complexity index is 1390. The molecule has 0 radical (unpaired) electrons.